The van der Waals surface area contributed by atoms with Crippen molar-refractivity contribution in [2.75, 3.05) is 18.5 Å². The molecule has 0 radical (unpaired) electrons. The number of amides is 2. The Balaban J connectivity index is 1.58. The normalized spacial score (nSPS) is 10.8. The fraction of sp³-hybridized carbons (Fsp3) is 0.222. The maximum atomic E-state index is 13.3. The maximum absolute atomic E-state index is 13.3. The molecule has 0 saturated carbocycles. The lowest BCUT2D eigenvalue weighted by atomic mass is 10.2. The number of benzene rings is 3. The molecule has 174 valence electrons. The number of rotatable bonds is 8. The zero-order valence-corrected chi connectivity index (χ0v) is 19.4. The minimum Gasteiger partial charge on any atom is -0.492 e. The molecule has 34 heavy (non-hydrogen) atoms. The molecule has 7 nitrogen and oxygen atoms in total. The first kappa shape index (κ1) is 23.0. The Kier molecular flexibility index (Phi) is 7.22. The zero-order chi connectivity index (χ0) is 23.9. The van der Waals surface area contributed by atoms with Gasteiger partial charge in [0.25, 0.3) is 5.56 Å². The van der Waals surface area contributed by atoms with Crippen molar-refractivity contribution < 1.29 is 9.53 Å². The number of aryl methyl sites for hydroxylation is 1. The number of ether oxygens (including phenoxy) is 1. The second-order valence-electron chi connectivity index (χ2n) is 7.93. The first-order chi connectivity index (χ1) is 16.6. The minimum atomic E-state index is -0.270. The molecule has 1 N–H and O–H groups in total. The van der Waals surface area contributed by atoms with Gasteiger partial charge in [-0.3, -0.25) is 4.79 Å². The van der Waals surface area contributed by atoms with E-state index >= 15 is 0 Å². The van der Waals surface area contributed by atoms with Crippen LogP contribution in [0, 0.1) is 0 Å². The van der Waals surface area contributed by atoms with Crippen LogP contribution in [0.1, 0.15) is 18.2 Å². The average molecular weight is 457 g/mol. The van der Waals surface area contributed by atoms with Crippen molar-refractivity contribution in [3.05, 3.63) is 100 Å². The van der Waals surface area contributed by atoms with E-state index in [2.05, 4.69) is 10.3 Å². The van der Waals surface area contributed by atoms with Crippen LogP contribution in [0.4, 0.5) is 10.5 Å². The Hall–Kier alpha value is -4.13. The number of carbonyl (C=O) groups is 1. The summed E-state index contributed by atoms with van der Waals surface area (Å²) in [5.41, 5.74) is 3.41. The van der Waals surface area contributed by atoms with E-state index in [9.17, 15) is 9.59 Å². The number of anilines is 1. The summed E-state index contributed by atoms with van der Waals surface area (Å²) in [6, 6.07) is 24.4. The third kappa shape index (κ3) is 5.26. The van der Waals surface area contributed by atoms with Crippen LogP contribution in [-0.2, 0) is 20.0 Å². The predicted molar refractivity (Wildman–Crippen MR) is 134 cm³/mol. The van der Waals surface area contributed by atoms with Crippen LogP contribution in [0.15, 0.2) is 83.7 Å². The van der Waals surface area contributed by atoms with Gasteiger partial charge in [-0.2, -0.15) is 0 Å². The van der Waals surface area contributed by atoms with E-state index in [4.69, 9.17) is 4.74 Å². The fourth-order valence-corrected chi connectivity index (χ4v) is 3.84. The van der Waals surface area contributed by atoms with Crippen LogP contribution >= 0.6 is 0 Å². The average Bonchev–Trinajstić information content (AvgIpc) is 2.86. The molecule has 7 heteroatoms. The molecule has 2 amide bonds. The summed E-state index contributed by atoms with van der Waals surface area (Å²) in [7, 11) is 1.74. The molecule has 0 atom stereocenters. The summed E-state index contributed by atoms with van der Waals surface area (Å²) in [6.07, 6.45) is 0.338. The van der Waals surface area contributed by atoms with Gasteiger partial charge in [0.05, 0.1) is 23.3 Å². The van der Waals surface area contributed by atoms with E-state index in [1.807, 2.05) is 85.8 Å². The lowest BCUT2D eigenvalue weighted by Gasteiger charge is -2.24. The standard InChI is InChI=1S/C27H28N4O3/c1-3-34-25-16-10-8-14-22(25)29-27(33)31(19-20-11-5-4-6-12-20)18-17-23-26(32)30(2)24-15-9-7-13-21(24)28-23/h4-16H,3,17-19H2,1-2H3,(H,29,33). The van der Waals surface area contributed by atoms with Gasteiger partial charge >= 0.3 is 6.03 Å². The number of fused-ring (bicyclic) bond motifs is 1. The Labute approximate surface area is 198 Å². The van der Waals surface area contributed by atoms with E-state index < -0.39 is 0 Å². The molecule has 0 bridgehead atoms. The molecule has 0 spiro atoms. The lowest BCUT2D eigenvalue weighted by Crippen LogP contribution is -2.37. The first-order valence-electron chi connectivity index (χ1n) is 11.3. The number of urea groups is 1. The summed E-state index contributed by atoms with van der Waals surface area (Å²) in [5, 5.41) is 2.97. The highest BCUT2D eigenvalue weighted by Crippen LogP contribution is 2.24. The Bertz CT molecular complexity index is 1330. The quantitative estimate of drug-likeness (QED) is 0.420. The Morgan fingerprint density at radius 1 is 1.00 bits per heavy atom. The monoisotopic (exact) mass is 456 g/mol. The lowest BCUT2D eigenvalue weighted by molar-refractivity contribution is 0.209. The van der Waals surface area contributed by atoms with E-state index in [1.165, 1.54) is 0 Å². The predicted octanol–water partition coefficient (Wildman–Crippen LogP) is 4.61. The molecule has 0 fully saturated rings. The molecular formula is C27H28N4O3. The van der Waals surface area contributed by atoms with E-state index in [-0.39, 0.29) is 11.6 Å². The van der Waals surface area contributed by atoms with Crippen LogP contribution in [-0.4, -0.2) is 33.6 Å². The van der Waals surface area contributed by atoms with Crippen molar-refractivity contribution in [2.24, 2.45) is 7.05 Å². The van der Waals surface area contributed by atoms with E-state index in [1.54, 1.807) is 16.5 Å². The third-order valence-corrected chi connectivity index (χ3v) is 5.60. The van der Waals surface area contributed by atoms with Crippen LogP contribution < -0.4 is 15.6 Å². The highest BCUT2D eigenvalue weighted by Gasteiger charge is 2.18. The number of carbonyl (C=O) groups excluding carboxylic acids is 1. The molecule has 0 unspecified atom stereocenters. The van der Waals surface area contributed by atoms with Crippen molar-refractivity contribution in [3.63, 3.8) is 0 Å². The van der Waals surface area contributed by atoms with Gasteiger partial charge in [-0.25, -0.2) is 9.78 Å². The number of aromatic nitrogens is 2. The SMILES string of the molecule is CCOc1ccccc1NC(=O)N(CCc1nc2ccccc2n(C)c1=O)Cc1ccccc1. The summed E-state index contributed by atoms with van der Waals surface area (Å²) >= 11 is 0. The van der Waals surface area contributed by atoms with Gasteiger partial charge in [-0.1, -0.05) is 54.6 Å². The van der Waals surface area contributed by atoms with Crippen molar-refractivity contribution in [3.8, 4) is 5.75 Å². The van der Waals surface area contributed by atoms with Crippen LogP contribution in [0.25, 0.3) is 11.0 Å². The van der Waals surface area contributed by atoms with Gasteiger partial charge in [-0.05, 0) is 36.8 Å². The molecule has 0 aliphatic carbocycles. The molecule has 4 rings (SSSR count). The third-order valence-electron chi connectivity index (χ3n) is 5.60. The highest BCUT2D eigenvalue weighted by molar-refractivity contribution is 5.91. The van der Waals surface area contributed by atoms with Crippen LogP contribution in [0.2, 0.25) is 0 Å². The van der Waals surface area contributed by atoms with Gasteiger partial charge < -0.3 is 19.5 Å². The maximum Gasteiger partial charge on any atom is 0.322 e. The molecule has 0 aliphatic rings. The molecule has 3 aromatic carbocycles. The molecule has 0 saturated heterocycles. The van der Waals surface area contributed by atoms with Crippen molar-refractivity contribution >= 4 is 22.8 Å². The topological polar surface area (TPSA) is 76.5 Å². The molecular weight excluding hydrogens is 428 g/mol. The van der Waals surface area contributed by atoms with Crippen LogP contribution in [0.3, 0.4) is 0 Å². The van der Waals surface area contributed by atoms with Crippen molar-refractivity contribution in [1.29, 1.82) is 0 Å². The van der Waals surface area contributed by atoms with E-state index in [0.717, 1.165) is 16.6 Å². The first-order valence-corrected chi connectivity index (χ1v) is 11.3. The van der Waals surface area contributed by atoms with Gasteiger partial charge in [0.2, 0.25) is 0 Å². The van der Waals surface area contributed by atoms with Crippen molar-refractivity contribution in [1.82, 2.24) is 14.5 Å². The van der Waals surface area contributed by atoms with Gasteiger partial charge in [0.15, 0.2) is 0 Å². The fourth-order valence-electron chi connectivity index (χ4n) is 3.84. The Morgan fingerprint density at radius 2 is 1.71 bits per heavy atom. The molecule has 4 aromatic rings. The van der Waals surface area contributed by atoms with Gasteiger partial charge in [-0.15, -0.1) is 0 Å². The minimum absolute atomic E-state index is 0.152. The van der Waals surface area contributed by atoms with Crippen LogP contribution in [0.5, 0.6) is 5.75 Å². The number of para-hydroxylation sites is 4. The summed E-state index contributed by atoms with van der Waals surface area (Å²) in [5.74, 6) is 0.614. The number of nitrogens with zero attached hydrogens (tertiary/aromatic N) is 3. The zero-order valence-electron chi connectivity index (χ0n) is 19.4. The van der Waals surface area contributed by atoms with Crippen molar-refractivity contribution in [2.45, 2.75) is 19.9 Å². The highest BCUT2D eigenvalue weighted by atomic mass is 16.5. The number of hydrogen-bond donors (Lipinski definition) is 1. The largest absolute Gasteiger partial charge is 0.492 e. The summed E-state index contributed by atoms with van der Waals surface area (Å²) in [6.45, 7) is 3.13. The van der Waals surface area contributed by atoms with Gasteiger partial charge in [0, 0.05) is 26.6 Å². The Morgan fingerprint density at radius 3 is 2.50 bits per heavy atom. The van der Waals surface area contributed by atoms with Gasteiger partial charge in [0.1, 0.15) is 11.4 Å². The molecule has 1 aromatic heterocycles. The molecule has 0 aliphatic heterocycles. The summed E-state index contributed by atoms with van der Waals surface area (Å²) < 4.78 is 7.26. The number of nitrogens with one attached hydrogen (secondary N) is 1. The number of hydrogen-bond acceptors (Lipinski definition) is 4. The second kappa shape index (κ2) is 10.7. The molecule has 1 heterocycles. The summed E-state index contributed by atoms with van der Waals surface area (Å²) in [4.78, 5) is 32.5. The van der Waals surface area contributed by atoms with E-state index in [0.29, 0.717) is 43.2 Å². The smallest absolute Gasteiger partial charge is 0.322 e. The second-order valence-corrected chi connectivity index (χ2v) is 7.93.